The summed E-state index contributed by atoms with van der Waals surface area (Å²) in [7, 11) is 0. The molecule has 0 N–H and O–H groups in total. The molecule has 3 nitrogen and oxygen atoms in total. The second-order valence-corrected chi connectivity index (χ2v) is 5.26. The molecule has 0 aliphatic heterocycles. The van der Waals surface area contributed by atoms with Gasteiger partial charge in [-0.05, 0) is 6.42 Å². The topological polar surface area (TPSA) is 30.7 Å². The summed E-state index contributed by atoms with van der Waals surface area (Å²) in [4.78, 5) is 0. The van der Waals surface area contributed by atoms with E-state index in [1.54, 1.807) is 0 Å². The zero-order valence-corrected chi connectivity index (χ0v) is 12.3. The molecule has 0 fully saturated rings. The lowest BCUT2D eigenvalue weighted by molar-refractivity contribution is 0.511. The first-order valence-electron chi connectivity index (χ1n) is 7.31. The van der Waals surface area contributed by atoms with Crippen molar-refractivity contribution >= 4 is 11.6 Å². The molecule has 1 heterocycles. The standard InChI is InChI=1S/C14H26ClN3/c1-2-3-4-5-6-7-8-9-12-18-13-14(10-11-15)16-17-18/h13H,2-12H2,1H3. The second kappa shape index (κ2) is 10.4. The smallest absolute Gasteiger partial charge is 0.0839 e. The van der Waals surface area contributed by atoms with Crippen molar-refractivity contribution in [2.75, 3.05) is 5.88 Å². The monoisotopic (exact) mass is 271 g/mol. The Labute approximate surface area is 116 Å². The van der Waals surface area contributed by atoms with Crippen molar-refractivity contribution in [3.8, 4) is 0 Å². The van der Waals surface area contributed by atoms with Crippen molar-refractivity contribution in [3.05, 3.63) is 11.9 Å². The maximum absolute atomic E-state index is 5.67. The third kappa shape index (κ3) is 7.00. The summed E-state index contributed by atoms with van der Waals surface area (Å²) in [5.74, 6) is 0.621. The van der Waals surface area contributed by atoms with Gasteiger partial charge in [0.2, 0.25) is 0 Å². The predicted octanol–water partition coefficient (Wildman–Crippen LogP) is 4.20. The number of aryl methyl sites for hydroxylation is 2. The Balaban J connectivity index is 1.96. The van der Waals surface area contributed by atoms with Crippen LogP contribution in [0.25, 0.3) is 0 Å². The van der Waals surface area contributed by atoms with Gasteiger partial charge in [-0.1, -0.05) is 57.1 Å². The summed E-state index contributed by atoms with van der Waals surface area (Å²) in [6, 6.07) is 0. The Hall–Kier alpha value is -0.570. The molecule has 0 aliphatic rings. The van der Waals surface area contributed by atoms with E-state index in [0.717, 1.165) is 18.7 Å². The zero-order chi connectivity index (χ0) is 13.1. The third-order valence-corrected chi connectivity index (χ3v) is 3.37. The van der Waals surface area contributed by atoms with Gasteiger partial charge in [-0.15, -0.1) is 16.7 Å². The lowest BCUT2D eigenvalue weighted by Crippen LogP contribution is -1.98. The van der Waals surface area contributed by atoms with E-state index in [1.807, 2.05) is 10.9 Å². The largest absolute Gasteiger partial charge is 0.252 e. The highest BCUT2D eigenvalue weighted by Gasteiger charge is 1.99. The fourth-order valence-corrected chi connectivity index (χ4v) is 2.26. The summed E-state index contributed by atoms with van der Waals surface area (Å²) < 4.78 is 1.94. The molecule has 0 aliphatic carbocycles. The van der Waals surface area contributed by atoms with E-state index in [0.29, 0.717) is 5.88 Å². The van der Waals surface area contributed by atoms with Crippen molar-refractivity contribution < 1.29 is 0 Å². The van der Waals surface area contributed by atoms with Gasteiger partial charge in [-0.2, -0.15) is 0 Å². The van der Waals surface area contributed by atoms with Crippen molar-refractivity contribution in [1.29, 1.82) is 0 Å². The van der Waals surface area contributed by atoms with E-state index in [1.165, 1.54) is 51.4 Å². The van der Waals surface area contributed by atoms with Gasteiger partial charge in [0.05, 0.1) is 5.69 Å². The molecule has 0 radical (unpaired) electrons. The molecule has 104 valence electrons. The Morgan fingerprint density at radius 3 is 2.39 bits per heavy atom. The van der Waals surface area contributed by atoms with Gasteiger partial charge >= 0.3 is 0 Å². The van der Waals surface area contributed by atoms with E-state index < -0.39 is 0 Å². The molecule has 1 aromatic rings. The molecule has 0 unspecified atom stereocenters. The highest BCUT2D eigenvalue weighted by atomic mass is 35.5. The Kier molecular flexibility index (Phi) is 8.92. The molecule has 0 atom stereocenters. The van der Waals surface area contributed by atoms with E-state index in [-0.39, 0.29) is 0 Å². The van der Waals surface area contributed by atoms with Crippen LogP contribution in [0.4, 0.5) is 0 Å². The molecule has 18 heavy (non-hydrogen) atoms. The number of hydrogen-bond donors (Lipinski definition) is 0. The van der Waals surface area contributed by atoms with Gasteiger partial charge in [0.25, 0.3) is 0 Å². The minimum Gasteiger partial charge on any atom is -0.252 e. The first kappa shape index (κ1) is 15.5. The van der Waals surface area contributed by atoms with E-state index in [2.05, 4.69) is 17.2 Å². The average molecular weight is 272 g/mol. The molecule has 0 bridgehead atoms. The van der Waals surface area contributed by atoms with Crippen LogP contribution < -0.4 is 0 Å². The molecule has 4 heteroatoms. The molecular formula is C14H26ClN3. The van der Waals surface area contributed by atoms with Crippen LogP contribution in [0.1, 0.15) is 64.0 Å². The lowest BCUT2D eigenvalue weighted by Gasteiger charge is -2.01. The first-order valence-corrected chi connectivity index (χ1v) is 7.85. The normalized spacial score (nSPS) is 11.0. The molecule has 0 amide bonds. The maximum Gasteiger partial charge on any atom is 0.0839 e. The van der Waals surface area contributed by atoms with Gasteiger partial charge in [-0.25, -0.2) is 0 Å². The summed E-state index contributed by atoms with van der Waals surface area (Å²) >= 11 is 5.67. The fourth-order valence-electron chi connectivity index (χ4n) is 2.07. The highest BCUT2D eigenvalue weighted by molar-refractivity contribution is 6.17. The van der Waals surface area contributed by atoms with Crippen LogP contribution >= 0.6 is 11.6 Å². The Bertz CT molecular complexity index is 299. The van der Waals surface area contributed by atoms with Gasteiger partial charge in [0.15, 0.2) is 0 Å². The number of nitrogens with zero attached hydrogens (tertiary/aromatic N) is 3. The summed E-state index contributed by atoms with van der Waals surface area (Å²) in [5, 5.41) is 8.18. The van der Waals surface area contributed by atoms with E-state index in [9.17, 15) is 0 Å². The summed E-state index contributed by atoms with van der Waals surface area (Å²) in [6.45, 7) is 3.25. The molecular weight excluding hydrogens is 246 g/mol. The molecule has 0 aromatic carbocycles. The molecule has 0 saturated heterocycles. The van der Waals surface area contributed by atoms with Gasteiger partial charge in [0.1, 0.15) is 0 Å². The van der Waals surface area contributed by atoms with Gasteiger partial charge in [0, 0.05) is 25.0 Å². The Morgan fingerprint density at radius 1 is 1.06 bits per heavy atom. The lowest BCUT2D eigenvalue weighted by atomic mass is 10.1. The molecule has 1 rings (SSSR count). The number of halogens is 1. The minimum absolute atomic E-state index is 0.621. The number of alkyl halides is 1. The van der Waals surface area contributed by atoms with Crippen molar-refractivity contribution in [3.63, 3.8) is 0 Å². The van der Waals surface area contributed by atoms with E-state index >= 15 is 0 Å². The van der Waals surface area contributed by atoms with Crippen LogP contribution in [-0.2, 0) is 13.0 Å². The number of unbranched alkanes of at least 4 members (excludes halogenated alkanes) is 7. The third-order valence-electron chi connectivity index (χ3n) is 3.18. The predicted molar refractivity (Wildman–Crippen MR) is 77.1 cm³/mol. The van der Waals surface area contributed by atoms with E-state index in [4.69, 9.17) is 11.6 Å². The number of hydrogen-bond acceptors (Lipinski definition) is 2. The van der Waals surface area contributed by atoms with Crippen molar-refractivity contribution in [2.24, 2.45) is 0 Å². The van der Waals surface area contributed by atoms with Crippen LogP contribution in [0.15, 0.2) is 6.20 Å². The minimum atomic E-state index is 0.621. The van der Waals surface area contributed by atoms with Crippen LogP contribution in [0.2, 0.25) is 0 Å². The van der Waals surface area contributed by atoms with Crippen LogP contribution in [0.3, 0.4) is 0 Å². The van der Waals surface area contributed by atoms with Gasteiger partial charge < -0.3 is 0 Å². The SMILES string of the molecule is CCCCCCCCCCn1cc(CCCl)nn1. The van der Waals surface area contributed by atoms with Crippen LogP contribution in [0.5, 0.6) is 0 Å². The second-order valence-electron chi connectivity index (χ2n) is 4.89. The molecule has 1 aromatic heterocycles. The molecule has 0 spiro atoms. The fraction of sp³-hybridized carbons (Fsp3) is 0.857. The van der Waals surface area contributed by atoms with Gasteiger partial charge in [-0.3, -0.25) is 4.68 Å². The summed E-state index contributed by atoms with van der Waals surface area (Å²) in [5.41, 5.74) is 1.00. The summed E-state index contributed by atoms with van der Waals surface area (Å²) in [6.07, 6.45) is 13.6. The van der Waals surface area contributed by atoms with Crippen molar-refractivity contribution in [2.45, 2.75) is 71.3 Å². The van der Waals surface area contributed by atoms with Crippen LogP contribution in [0, 0.1) is 0 Å². The average Bonchev–Trinajstić information content (AvgIpc) is 2.81. The maximum atomic E-state index is 5.67. The Morgan fingerprint density at radius 2 is 1.72 bits per heavy atom. The zero-order valence-electron chi connectivity index (χ0n) is 11.6. The quantitative estimate of drug-likeness (QED) is 0.446. The number of aromatic nitrogens is 3. The molecule has 0 saturated carbocycles. The van der Waals surface area contributed by atoms with Crippen molar-refractivity contribution in [1.82, 2.24) is 15.0 Å². The first-order chi connectivity index (χ1) is 8.86. The van der Waals surface area contributed by atoms with Crippen LogP contribution in [-0.4, -0.2) is 20.9 Å². The highest BCUT2D eigenvalue weighted by Crippen LogP contribution is 2.09. The number of rotatable bonds is 11.